The molecule has 0 saturated carbocycles. The molecule has 1 heterocycles. The number of amides is 1. The second-order valence-corrected chi connectivity index (χ2v) is 7.15. The van der Waals surface area contributed by atoms with Crippen LogP contribution in [-0.2, 0) is 4.79 Å². The van der Waals surface area contributed by atoms with Gasteiger partial charge in [-0.3, -0.25) is 4.79 Å². The largest absolute Gasteiger partial charge is 0.353 e. The monoisotopic (exact) mass is 416 g/mol. The summed E-state index contributed by atoms with van der Waals surface area (Å²) in [5, 5.41) is 5.46. The minimum absolute atomic E-state index is 0.0147. The van der Waals surface area contributed by atoms with Gasteiger partial charge in [-0.15, -0.1) is 0 Å². The van der Waals surface area contributed by atoms with Crippen molar-refractivity contribution in [3.8, 4) is 0 Å². The van der Waals surface area contributed by atoms with E-state index in [-0.39, 0.29) is 17.7 Å². The first-order chi connectivity index (χ1) is 13.6. The van der Waals surface area contributed by atoms with E-state index in [1.165, 1.54) is 13.8 Å². The van der Waals surface area contributed by atoms with Gasteiger partial charge in [0.25, 0.3) is 0 Å². The zero-order valence-electron chi connectivity index (χ0n) is 15.5. The van der Waals surface area contributed by atoms with Gasteiger partial charge in [-0.1, -0.05) is 13.8 Å². The molecule has 1 amide bonds. The summed E-state index contributed by atoms with van der Waals surface area (Å²) in [5.74, 6) is -9.46. The van der Waals surface area contributed by atoms with Gasteiger partial charge in [0.1, 0.15) is 11.6 Å². The van der Waals surface area contributed by atoms with E-state index in [0.29, 0.717) is 12.1 Å². The molecule has 2 N–H and O–H groups in total. The number of piperazine rings is 1. The van der Waals surface area contributed by atoms with E-state index in [4.69, 9.17) is 0 Å². The summed E-state index contributed by atoms with van der Waals surface area (Å²) in [6, 6.07) is 0.707. The van der Waals surface area contributed by atoms with E-state index >= 15 is 0 Å². The Kier molecular flexibility index (Phi) is 5.88. The topological polar surface area (TPSA) is 41.1 Å². The van der Waals surface area contributed by atoms with Crippen LogP contribution >= 0.6 is 0 Å². The fraction of sp³-hybridized carbons (Fsp3) is 0.350. The summed E-state index contributed by atoms with van der Waals surface area (Å²) in [4.78, 5) is 12.3. The Morgan fingerprint density at radius 2 is 1.31 bits per heavy atom. The Balaban J connectivity index is 1.89. The number of nitrogens with one attached hydrogen (secondary N) is 2. The van der Waals surface area contributed by atoms with E-state index in [1.54, 1.807) is 0 Å². The molecule has 4 atom stereocenters. The number of hydrogen-bond donors (Lipinski definition) is 2. The van der Waals surface area contributed by atoms with Crippen LogP contribution in [0.4, 0.5) is 26.3 Å². The number of carbonyl (C=O) groups is 1. The average Bonchev–Trinajstić information content (AvgIpc) is 2.66. The van der Waals surface area contributed by atoms with Crippen molar-refractivity contribution in [2.45, 2.75) is 37.8 Å². The molecule has 156 valence electrons. The molecule has 2 aromatic rings. The van der Waals surface area contributed by atoms with Gasteiger partial charge in [0.05, 0.1) is 6.04 Å². The zero-order valence-corrected chi connectivity index (χ0v) is 15.5. The molecule has 0 aliphatic carbocycles. The third kappa shape index (κ3) is 4.10. The van der Waals surface area contributed by atoms with Gasteiger partial charge in [-0.05, 0) is 23.3 Å². The fourth-order valence-corrected chi connectivity index (χ4v) is 3.59. The Morgan fingerprint density at radius 3 is 1.83 bits per heavy atom. The first-order valence-electron chi connectivity index (χ1n) is 8.92. The van der Waals surface area contributed by atoms with E-state index in [2.05, 4.69) is 10.6 Å². The summed E-state index contributed by atoms with van der Waals surface area (Å²) in [6.07, 6.45) is 0. The van der Waals surface area contributed by atoms with Gasteiger partial charge in [-0.25, -0.2) is 26.3 Å². The minimum Gasteiger partial charge on any atom is -0.353 e. The number of halogens is 6. The van der Waals surface area contributed by atoms with Crippen LogP contribution in [0.1, 0.15) is 36.8 Å². The SMILES string of the molecule is CC(c1cc(F)cc(F)c1F)[C@@H]1CNC(=O)[C@@H](C(C)c2cc(F)cc(F)c2F)N1. The number of hydrogen-bond acceptors (Lipinski definition) is 2. The predicted octanol–water partition coefficient (Wildman–Crippen LogP) is 3.89. The maximum absolute atomic E-state index is 14.1. The lowest BCUT2D eigenvalue weighted by Crippen LogP contribution is -2.61. The molecule has 1 saturated heterocycles. The minimum atomic E-state index is -1.38. The Labute approximate surface area is 163 Å². The highest BCUT2D eigenvalue weighted by Gasteiger charge is 2.37. The van der Waals surface area contributed by atoms with Crippen LogP contribution in [-0.4, -0.2) is 24.5 Å². The molecule has 1 fully saturated rings. The van der Waals surface area contributed by atoms with Crippen LogP contribution in [0.5, 0.6) is 0 Å². The standard InChI is InChI=1S/C20H18F6N2O/c1-8(12-3-10(21)5-14(23)17(12)25)16-7-27-20(29)19(28-16)9(2)13-4-11(22)6-15(24)18(13)26/h3-6,8-9,16,19,28H,7H2,1-2H3,(H,27,29)/t8?,9?,16-,19+/m0/s1. The van der Waals surface area contributed by atoms with Crippen molar-refractivity contribution < 1.29 is 31.1 Å². The van der Waals surface area contributed by atoms with Crippen LogP contribution in [0.15, 0.2) is 24.3 Å². The zero-order chi connectivity index (χ0) is 21.5. The van der Waals surface area contributed by atoms with E-state index in [1.807, 2.05) is 0 Å². The van der Waals surface area contributed by atoms with Crippen LogP contribution in [0.3, 0.4) is 0 Å². The summed E-state index contributed by atoms with van der Waals surface area (Å²) >= 11 is 0. The Morgan fingerprint density at radius 1 is 0.828 bits per heavy atom. The number of benzene rings is 2. The fourth-order valence-electron chi connectivity index (χ4n) is 3.59. The molecular weight excluding hydrogens is 398 g/mol. The molecule has 2 unspecified atom stereocenters. The lowest BCUT2D eigenvalue weighted by Gasteiger charge is -2.37. The van der Waals surface area contributed by atoms with Crippen molar-refractivity contribution in [1.29, 1.82) is 0 Å². The van der Waals surface area contributed by atoms with Gasteiger partial charge in [0, 0.05) is 36.6 Å². The van der Waals surface area contributed by atoms with Crippen LogP contribution in [0.2, 0.25) is 0 Å². The quantitative estimate of drug-likeness (QED) is 0.587. The van der Waals surface area contributed by atoms with Crippen LogP contribution in [0, 0.1) is 34.9 Å². The molecule has 1 aliphatic heterocycles. The molecule has 29 heavy (non-hydrogen) atoms. The van der Waals surface area contributed by atoms with E-state index < -0.39 is 64.7 Å². The van der Waals surface area contributed by atoms with E-state index in [0.717, 1.165) is 12.1 Å². The Bertz CT molecular complexity index is 951. The number of carbonyl (C=O) groups excluding carboxylic acids is 1. The molecule has 0 spiro atoms. The first-order valence-corrected chi connectivity index (χ1v) is 8.92. The molecule has 0 bridgehead atoms. The highest BCUT2D eigenvalue weighted by Crippen LogP contribution is 2.30. The molecule has 3 nitrogen and oxygen atoms in total. The second-order valence-electron chi connectivity index (χ2n) is 7.15. The second kappa shape index (κ2) is 8.06. The highest BCUT2D eigenvalue weighted by molar-refractivity contribution is 5.83. The van der Waals surface area contributed by atoms with Crippen molar-refractivity contribution in [3.05, 3.63) is 70.3 Å². The highest BCUT2D eigenvalue weighted by atomic mass is 19.2. The molecule has 0 aromatic heterocycles. The molecule has 1 aliphatic rings. The Hall–Kier alpha value is -2.55. The lowest BCUT2D eigenvalue weighted by atomic mass is 9.86. The lowest BCUT2D eigenvalue weighted by molar-refractivity contribution is -0.125. The number of rotatable bonds is 4. The van der Waals surface area contributed by atoms with Crippen molar-refractivity contribution in [1.82, 2.24) is 10.6 Å². The summed E-state index contributed by atoms with van der Waals surface area (Å²) < 4.78 is 82.5. The predicted molar refractivity (Wildman–Crippen MR) is 93.2 cm³/mol. The third-order valence-electron chi connectivity index (χ3n) is 5.30. The summed E-state index contributed by atoms with van der Waals surface area (Å²) in [5.41, 5.74) is -0.572. The average molecular weight is 416 g/mol. The van der Waals surface area contributed by atoms with Crippen LogP contribution in [0.25, 0.3) is 0 Å². The van der Waals surface area contributed by atoms with E-state index in [9.17, 15) is 31.1 Å². The molecule has 0 radical (unpaired) electrons. The van der Waals surface area contributed by atoms with Crippen molar-refractivity contribution >= 4 is 5.91 Å². The van der Waals surface area contributed by atoms with Crippen molar-refractivity contribution in [3.63, 3.8) is 0 Å². The van der Waals surface area contributed by atoms with Gasteiger partial charge < -0.3 is 10.6 Å². The van der Waals surface area contributed by atoms with Gasteiger partial charge in [0.15, 0.2) is 23.3 Å². The summed E-state index contributed by atoms with van der Waals surface area (Å²) in [6.45, 7) is 2.93. The molecule has 3 rings (SSSR count). The smallest absolute Gasteiger partial charge is 0.237 e. The first kappa shape index (κ1) is 21.2. The summed E-state index contributed by atoms with van der Waals surface area (Å²) in [7, 11) is 0. The maximum atomic E-state index is 14.1. The van der Waals surface area contributed by atoms with Crippen molar-refractivity contribution in [2.24, 2.45) is 0 Å². The van der Waals surface area contributed by atoms with Gasteiger partial charge >= 0.3 is 0 Å². The molecule has 2 aromatic carbocycles. The van der Waals surface area contributed by atoms with Gasteiger partial charge in [-0.2, -0.15) is 0 Å². The third-order valence-corrected chi connectivity index (χ3v) is 5.30. The van der Waals surface area contributed by atoms with Crippen molar-refractivity contribution in [2.75, 3.05) is 6.54 Å². The molecular formula is C20H18F6N2O. The maximum Gasteiger partial charge on any atom is 0.237 e. The van der Waals surface area contributed by atoms with Gasteiger partial charge in [0.2, 0.25) is 5.91 Å². The normalized spacial score (nSPS) is 21.6. The molecule has 9 heteroatoms. The van der Waals surface area contributed by atoms with Crippen LogP contribution < -0.4 is 10.6 Å².